The van der Waals surface area contributed by atoms with Crippen LogP contribution in [0.1, 0.15) is 24.8 Å². The predicted molar refractivity (Wildman–Crippen MR) is 76.6 cm³/mol. The van der Waals surface area contributed by atoms with E-state index in [0.29, 0.717) is 18.0 Å². The van der Waals surface area contributed by atoms with Crippen molar-refractivity contribution in [1.82, 2.24) is 5.32 Å². The van der Waals surface area contributed by atoms with E-state index in [1.165, 1.54) is 6.42 Å². The molecule has 1 saturated carbocycles. The predicted octanol–water partition coefficient (Wildman–Crippen LogP) is 1.54. The van der Waals surface area contributed by atoms with Gasteiger partial charge in [-0.05, 0) is 56.0 Å². The van der Waals surface area contributed by atoms with E-state index in [-0.39, 0.29) is 0 Å². The van der Waals surface area contributed by atoms with E-state index in [1.54, 1.807) is 7.11 Å². The molecule has 1 fully saturated rings. The van der Waals surface area contributed by atoms with Crippen molar-refractivity contribution >= 4 is 5.84 Å². The summed E-state index contributed by atoms with van der Waals surface area (Å²) < 4.78 is 5.18. The number of methoxy groups -OCH3 is 1. The summed E-state index contributed by atoms with van der Waals surface area (Å²) in [5.74, 6) is 2.55. The molecule has 0 aromatic heterocycles. The summed E-state index contributed by atoms with van der Waals surface area (Å²) in [7, 11) is 1.68. The van der Waals surface area contributed by atoms with Crippen LogP contribution in [-0.2, 0) is 0 Å². The number of benzene rings is 1. The van der Waals surface area contributed by atoms with Crippen LogP contribution >= 0.6 is 0 Å². The fourth-order valence-electron chi connectivity index (χ4n) is 3.05. The van der Waals surface area contributed by atoms with Gasteiger partial charge in [-0.15, -0.1) is 0 Å². The normalized spacial score (nSPS) is 29.4. The molecule has 4 nitrogen and oxygen atoms in total. The molecule has 1 aromatic rings. The third-order valence-electron chi connectivity index (χ3n) is 4.24. The summed E-state index contributed by atoms with van der Waals surface area (Å²) in [6.45, 7) is 0.794. The second-order valence-electron chi connectivity index (χ2n) is 5.44. The summed E-state index contributed by atoms with van der Waals surface area (Å²) in [6, 6.07) is 8.97. The van der Waals surface area contributed by atoms with Gasteiger partial charge < -0.3 is 15.8 Å². The lowest BCUT2D eigenvalue weighted by atomic mass is 9.83. The number of rotatable bonds is 3. The highest BCUT2D eigenvalue weighted by Gasteiger charge is 2.34. The molecule has 1 aliphatic heterocycles. The number of nitrogens with zero attached hydrogens (tertiary/aromatic N) is 1. The summed E-state index contributed by atoms with van der Waals surface area (Å²) in [5.41, 5.74) is 6.92. The topological polar surface area (TPSA) is 59.6 Å². The molecule has 0 saturated heterocycles. The van der Waals surface area contributed by atoms with E-state index in [4.69, 9.17) is 15.5 Å². The molecule has 3 N–H and O–H groups in total. The first-order valence-electron chi connectivity index (χ1n) is 6.99. The van der Waals surface area contributed by atoms with Crippen molar-refractivity contribution < 1.29 is 4.74 Å². The first-order chi connectivity index (χ1) is 9.30. The average Bonchev–Trinajstić information content (AvgIpc) is 2.90. The molecule has 0 amide bonds. The second kappa shape index (κ2) is 5.21. The molecule has 4 heteroatoms. The van der Waals surface area contributed by atoms with E-state index in [0.717, 1.165) is 36.5 Å². The highest BCUT2D eigenvalue weighted by Crippen LogP contribution is 2.29. The number of nitrogens with two attached hydrogens (primary N) is 1. The molecule has 19 heavy (non-hydrogen) atoms. The Balaban J connectivity index is 1.73. The Labute approximate surface area is 114 Å². The highest BCUT2D eigenvalue weighted by molar-refractivity contribution is 6.00. The van der Waals surface area contributed by atoms with Crippen molar-refractivity contribution in [3.05, 3.63) is 29.8 Å². The highest BCUT2D eigenvalue weighted by atomic mass is 16.5. The number of hydrogen-bond donors (Lipinski definition) is 2. The summed E-state index contributed by atoms with van der Waals surface area (Å²) >= 11 is 0. The fourth-order valence-corrected chi connectivity index (χ4v) is 3.05. The van der Waals surface area contributed by atoms with Crippen molar-refractivity contribution in [2.75, 3.05) is 13.7 Å². The van der Waals surface area contributed by atoms with E-state index in [2.05, 4.69) is 17.4 Å². The van der Waals surface area contributed by atoms with Crippen LogP contribution in [0.5, 0.6) is 5.75 Å². The Morgan fingerprint density at radius 1 is 1.32 bits per heavy atom. The van der Waals surface area contributed by atoms with Crippen molar-refractivity contribution in [2.45, 2.75) is 31.3 Å². The molecule has 3 unspecified atom stereocenters. The minimum absolute atomic E-state index is 0.430. The maximum absolute atomic E-state index is 5.78. The van der Waals surface area contributed by atoms with Crippen molar-refractivity contribution in [2.24, 2.45) is 16.6 Å². The molecular formula is C15H21N3O. The van der Waals surface area contributed by atoms with Gasteiger partial charge >= 0.3 is 0 Å². The van der Waals surface area contributed by atoms with Gasteiger partial charge in [0.15, 0.2) is 0 Å². The molecule has 0 spiro atoms. The van der Waals surface area contributed by atoms with Gasteiger partial charge in [0, 0.05) is 5.56 Å². The fraction of sp³-hybridized carbons (Fsp3) is 0.533. The Morgan fingerprint density at radius 2 is 2.11 bits per heavy atom. The second-order valence-corrected chi connectivity index (χ2v) is 5.44. The van der Waals surface area contributed by atoms with E-state index < -0.39 is 0 Å². The van der Waals surface area contributed by atoms with E-state index in [1.807, 2.05) is 12.1 Å². The third kappa shape index (κ3) is 2.45. The number of fused-ring (bicyclic) bond motifs is 1. The quantitative estimate of drug-likeness (QED) is 0.865. The zero-order valence-corrected chi connectivity index (χ0v) is 11.3. The zero-order valence-electron chi connectivity index (χ0n) is 11.3. The number of hydrogen-bond acceptors (Lipinski definition) is 4. The van der Waals surface area contributed by atoms with Gasteiger partial charge in [-0.25, -0.2) is 0 Å². The van der Waals surface area contributed by atoms with Crippen LogP contribution in [0.4, 0.5) is 0 Å². The summed E-state index contributed by atoms with van der Waals surface area (Å²) in [4.78, 5) is 4.83. The monoisotopic (exact) mass is 259 g/mol. The lowest BCUT2D eigenvalue weighted by Gasteiger charge is -2.29. The molecule has 102 valence electrons. The van der Waals surface area contributed by atoms with E-state index in [9.17, 15) is 0 Å². The molecule has 2 aliphatic rings. The summed E-state index contributed by atoms with van der Waals surface area (Å²) in [6.07, 6.45) is 3.50. The molecule has 1 aliphatic carbocycles. The smallest absolute Gasteiger partial charge is 0.128 e. The molecule has 3 rings (SSSR count). The van der Waals surface area contributed by atoms with Crippen molar-refractivity contribution in [3.8, 4) is 5.75 Å². The van der Waals surface area contributed by atoms with Crippen LogP contribution in [0.2, 0.25) is 0 Å². The average molecular weight is 259 g/mol. The van der Waals surface area contributed by atoms with Gasteiger partial charge in [0.2, 0.25) is 0 Å². The van der Waals surface area contributed by atoms with Gasteiger partial charge in [0.25, 0.3) is 0 Å². The molecule has 1 heterocycles. The van der Waals surface area contributed by atoms with Crippen LogP contribution in [0, 0.1) is 5.92 Å². The molecular weight excluding hydrogens is 238 g/mol. The van der Waals surface area contributed by atoms with Crippen LogP contribution in [0.15, 0.2) is 29.3 Å². The standard InChI is InChI=1S/C15H21N3O/c1-19-12-5-3-11(4-6-12)15-17-13-7-2-10(9-16)8-14(13)18-15/h3-6,10,13-14H,2,7-9,16H2,1H3,(H,17,18). The van der Waals surface area contributed by atoms with Crippen LogP contribution in [0.25, 0.3) is 0 Å². The van der Waals surface area contributed by atoms with Gasteiger partial charge in [0.1, 0.15) is 11.6 Å². The van der Waals surface area contributed by atoms with Gasteiger partial charge in [-0.1, -0.05) is 0 Å². The first kappa shape index (κ1) is 12.5. The number of amidine groups is 1. The van der Waals surface area contributed by atoms with Crippen LogP contribution < -0.4 is 15.8 Å². The van der Waals surface area contributed by atoms with E-state index >= 15 is 0 Å². The first-order valence-corrected chi connectivity index (χ1v) is 6.99. The van der Waals surface area contributed by atoms with Gasteiger partial charge in [0.05, 0.1) is 19.2 Å². The number of ether oxygens (including phenoxy) is 1. The van der Waals surface area contributed by atoms with Crippen molar-refractivity contribution in [1.29, 1.82) is 0 Å². The molecule has 0 radical (unpaired) electrons. The maximum atomic E-state index is 5.78. The number of nitrogens with one attached hydrogen (secondary N) is 1. The number of aliphatic imine (C=N–C) groups is 1. The Kier molecular flexibility index (Phi) is 3.42. The maximum Gasteiger partial charge on any atom is 0.128 e. The Bertz CT molecular complexity index is 469. The van der Waals surface area contributed by atoms with Gasteiger partial charge in [-0.3, -0.25) is 4.99 Å². The zero-order chi connectivity index (χ0) is 13.2. The van der Waals surface area contributed by atoms with Crippen molar-refractivity contribution in [3.63, 3.8) is 0 Å². The Hall–Kier alpha value is -1.55. The van der Waals surface area contributed by atoms with Gasteiger partial charge in [-0.2, -0.15) is 0 Å². The Morgan fingerprint density at radius 3 is 2.79 bits per heavy atom. The third-order valence-corrected chi connectivity index (χ3v) is 4.24. The molecule has 1 aromatic carbocycles. The summed E-state index contributed by atoms with van der Waals surface area (Å²) in [5, 5.41) is 3.56. The van der Waals surface area contributed by atoms with Crippen LogP contribution in [0.3, 0.4) is 0 Å². The lowest BCUT2D eigenvalue weighted by molar-refractivity contribution is 0.294. The minimum Gasteiger partial charge on any atom is -0.497 e. The SMILES string of the molecule is COc1ccc(C2=NC3CCC(CN)CC3N2)cc1. The minimum atomic E-state index is 0.430. The molecule has 3 atom stereocenters. The largest absolute Gasteiger partial charge is 0.497 e. The lowest BCUT2D eigenvalue weighted by Crippen LogP contribution is -2.41. The molecule has 0 bridgehead atoms. The van der Waals surface area contributed by atoms with Crippen LogP contribution in [-0.4, -0.2) is 31.6 Å².